The second kappa shape index (κ2) is 3.98. The van der Waals surface area contributed by atoms with E-state index in [1.807, 2.05) is 26.8 Å². The third kappa shape index (κ3) is 2.29. The zero-order valence-corrected chi connectivity index (χ0v) is 11.0. The van der Waals surface area contributed by atoms with E-state index < -0.39 is 5.60 Å². The highest BCUT2D eigenvalue weighted by atomic mass is 16.5. The van der Waals surface area contributed by atoms with E-state index in [0.717, 1.165) is 24.2 Å². The summed E-state index contributed by atoms with van der Waals surface area (Å²) in [6, 6.07) is 1.90. The lowest BCUT2D eigenvalue weighted by atomic mass is 9.82. The Balaban J connectivity index is 2.27. The molecule has 0 radical (unpaired) electrons. The maximum atomic E-state index is 10.6. The third-order valence-electron chi connectivity index (χ3n) is 3.82. The second-order valence-corrected chi connectivity index (χ2v) is 5.71. The van der Waals surface area contributed by atoms with Crippen molar-refractivity contribution in [2.24, 2.45) is 5.41 Å². The summed E-state index contributed by atoms with van der Waals surface area (Å²) in [5, 5.41) is 10.6. The molecule has 1 unspecified atom stereocenters. The van der Waals surface area contributed by atoms with Crippen molar-refractivity contribution < 1.29 is 9.84 Å². The first-order valence-corrected chi connectivity index (χ1v) is 6.20. The fourth-order valence-electron chi connectivity index (χ4n) is 2.04. The molecule has 1 aliphatic rings. The first kappa shape index (κ1) is 12.4. The van der Waals surface area contributed by atoms with Crippen molar-refractivity contribution in [3.8, 4) is 5.75 Å². The molecule has 0 amide bonds. The molecule has 1 aromatic heterocycles. The van der Waals surface area contributed by atoms with E-state index in [4.69, 9.17) is 4.74 Å². The summed E-state index contributed by atoms with van der Waals surface area (Å²) < 4.78 is 5.61. The third-order valence-corrected chi connectivity index (χ3v) is 3.82. The molecule has 1 saturated carbocycles. The molecule has 94 valence electrons. The predicted molar refractivity (Wildman–Crippen MR) is 66.9 cm³/mol. The number of rotatable bonds is 4. The van der Waals surface area contributed by atoms with Crippen LogP contribution in [0, 0.1) is 5.41 Å². The molecule has 1 aromatic rings. The van der Waals surface area contributed by atoms with E-state index in [2.05, 4.69) is 11.9 Å². The topological polar surface area (TPSA) is 42.4 Å². The highest BCUT2D eigenvalue weighted by Gasteiger charge is 2.53. The van der Waals surface area contributed by atoms with Gasteiger partial charge in [0.2, 0.25) is 0 Å². The SMILES string of the molecule is CC(C)Oc1cncc(C(C)(O)C2(C)CC2)c1. The average Bonchev–Trinajstić information content (AvgIpc) is 2.97. The van der Waals surface area contributed by atoms with Crippen LogP contribution in [0.15, 0.2) is 18.5 Å². The van der Waals surface area contributed by atoms with Crippen molar-refractivity contribution >= 4 is 0 Å². The Bertz CT molecular complexity index is 408. The van der Waals surface area contributed by atoms with Gasteiger partial charge >= 0.3 is 0 Å². The van der Waals surface area contributed by atoms with Gasteiger partial charge in [-0.1, -0.05) is 6.92 Å². The van der Waals surface area contributed by atoms with Gasteiger partial charge in [0.05, 0.1) is 17.9 Å². The summed E-state index contributed by atoms with van der Waals surface area (Å²) >= 11 is 0. The van der Waals surface area contributed by atoms with Crippen LogP contribution in [0.3, 0.4) is 0 Å². The zero-order valence-electron chi connectivity index (χ0n) is 11.0. The largest absolute Gasteiger partial charge is 0.489 e. The van der Waals surface area contributed by atoms with E-state index in [1.165, 1.54) is 0 Å². The highest BCUT2D eigenvalue weighted by molar-refractivity contribution is 5.31. The zero-order chi connectivity index (χ0) is 12.7. The van der Waals surface area contributed by atoms with Crippen LogP contribution in [0.2, 0.25) is 0 Å². The Morgan fingerprint density at radius 1 is 1.41 bits per heavy atom. The van der Waals surface area contributed by atoms with Gasteiger partial charge in [-0.25, -0.2) is 0 Å². The normalized spacial score (nSPS) is 21.1. The van der Waals surface area contributed by atoms with Gasteiger partial charge in [-0.15, -0.1) is 0 Å². The van der Waals surface area contributed by atoms with Gasteiger partial charge in [-0.2, -0.15) is 0 Å². The van der Waals surface area contributed by atoms with Crippen LogP contribution in [-0.4, -0.2) is 16.2 Å². The van der Waals surface area contributed by atoms with Gasteiger partial charge in [-0.3, -0.25) is 4.98 Å². The van der Waals surface area contributed by atoms with E-state index in [9.17, 15) is 5.11 Å². The molecule has 0 bridgehead atoms. The molecule has 3 nitrogen and oxygen atoms in total. The first-order valence-electron chi connectivity index (χ1n) is 6.20. The Kier molecular flexibility index (Phi) is 2.90. The number of nitrogens with zero attached hydrogens (tertiary/aromatic N) is 1. The van der Waals surface area contributed by atoms with E-state index >= 15 is 0 Å². The minimum Gasteiger partial charge on any atom is -0.489 e. The second-order valence-electron chi connectivity index (χ2n) is 5.71. The molecule has 1 aliphatic carbocycles. The van der Waals surface area contributed by atoms with E-state index in [-0.39, 0.29) is 11.5 Å². The predicted octanol–water partition coefficient (Wildman–Crippen LogP) is 2.88. The average molecular weight is 235 g/mol. The molecule has 1 atom stereocenters. The van der Waals surface area contributed by atoms with Crippen LogP contribution >= 0.6 is 0 Å². The van der Waals surface area contributed by atoms with Crippen molar-refractivity contribution in [2.45, 2.75) is 52.2 Å². The van der Waals surface area contributed by atoms with Gasteiger partial charge in [0.1, 0.15) is 5.75 Å². The number of hydrogen-bond donors (Lipinski definition) is 1. The van der Waals surface area contributed by atoms with Crippen LogP contribution < -0.4 is 4.74 Å². The van der Waals surface area contributed by atoms with Gasteiger partial charge in [0.15, 0.2) is 0 Å². The molecule has 1 heterocycles. The van der Waals surface area contributed by atoms with Crippen LogP contribution in [0.1, 0.15) is 46.1 Å². The number of aromatic nitrogens is 1. The smallest absolute Gasteiger partial charge is 0.138 e. The van der Waals surface area contributed by atoms with Crippen LogP contribution in [0.4, 0.5) is 0 Å². The minimum atomic E-state index is -0.823. The fraction of sp³-hybridized carbons (Fsp3) is 0.643. The van der Waals surface area contributed by atoms with Crippen molar-refractivity contribution in [2.75, 3.05) is 0 Å². The van der Waals surface area contributed by atoms with E-state index in [1.54, 1.807) is 12.4 Å². The molecular weight excluding hydrogens is 214 g/mol. The lowest BCUT2D eigenvalue weighted by Crippen LogP contribution is -2.31. The van der Waals surface area contributed by atoms with Crippen LogP contribution in [0.25, 0.3) is 0 Å². The molecular formula is C14H21NO2. The molecule has 2 rings (SSSR count). The maximum absolute atomic E-state index is 10.6. The van der Waals surface area contributed by atoms with Gasteiger partial charge in [-0.05, 0) is 39.7 Å². The maximum Gasteiger partial charge on any atom is 0.138 e. The van der Waals surface area contributed by atoms with Crippen molar-refractivity contribution in [1.82, 2.24) is 4.98 Å². The molecule has 0 saturated heterocycles. The Morgan fingerprint density at radius 3 is 2.59 bits per heavy atom. The van der Waals surface area contributed by atoms with Crippen LogP contribution in [0.5, 0.6) is 5.75 Å². The molecule has 0 spiro atoms. The highest BCUT2D eigenvalue weighted by Crippen LogP contribution is 2.57. The first-order chi connectivity index (χ1) is 7.85. The van der Waals surface area contributed by atoms with Gasteiger partial charge in [0.25, 0.3) is 0 Å². The van der Waals surface area contributed by atoms with Gasteiger partial charge < -0.3 is 9.84 Å². The summed E-state index contributed by atoms with van der Waals surface area (Å²) in [7, 11) is 0. The molecule has 0 aromatic carbocycles. The molecule has 17 heavy (non-hydrogen) atoms. The summed E-state index contributed by atoms with van der Waals surface area (Å²) in [5.74, 6) is 0.724. The summed E-state index contributed by atoms with van der Waals surface area (Å²) in [6.45, 7) is 7.94. The lowest BCUT2D eigenvalue weighted by Gasteiger charge is -2.31. The van der Waals surface area contributed by atoms with Crippen molar-refractivity contribution in [3.05, 3.63) is 24.0 Å². The number of ether oxygens (including phenoxy) is 1. The van der Waals surface area contributed by atoms with Crippen LogP contribution in [-0.2, 0) is 5.60 Å². The van der Waals surface area contributed by atoms with Crippen molar-refractivity contribution in [3.63, 3.8) is 0 Å². The summed E-state index contributed by atoms with van der Waals surface area (Å²) in [5.41, 5.74) is 0.0113. The quantitative estimate of drug-likeness (QED) is 0.872. The molecule has 0 aliphatic heterocycles. The monoisotopic (exact) mass is 235 g/mol. The lowest BCUT2D eigenvalue weighted by molar-refractivity contribution is -0.0132. The minimum absolute atomic E-state index is 0.00880. The Morgan fingerprint density at radius 2 is 2.06 bits per heavy atom. The fourth-order valence-corrected chi connectivity index (χ4v) is 2.04. The summed E-state index contributed by atoms with van der Waals surface area (Å²) in [6.07, 6.45) is 5.67. The van der Waals surface area contributed by atoms with Crippen molar-refractivity contribution in [1.29, 1.82) is 0 Å². The number of hydrogen-bond acceptors (Lipinski definition) is 3. The molecule has 1 fully saturated rings. The molecule has 1 N–H and O–H groups in total. The molecule has 3 heteroatoms. The standard InChI is InChI=1S/C14H21NO2/c1-10(2)17-12-7-11(8-15-9-12)14(4,16)13(3)5-6-13/h7-10,16H,5-6H2,1-4H3. The number of aliphatic hydroxyl groups is 1. The Hall–Kier alpha value is -1.09. The Labute approximate surface area is 103 Å². The van der Waals surface area contributed by atoms with E-state index in [0.29, 0.717) is 0 Å². The number of pyridine rings is 1. The van der Waals surface area contributed by atoms with Gasteiger partial charge in [0, 0.05) is 17.2 Å². The summed E-state index contributed by atoms with van der Waals surface area (Å²) in [4.78, 5) is 4.16.